The van der Waals surface area contributed by atoms with Gasteiger partial charge >= 0.3 is 0 Å². The van der Waals surface area contributed by atoms with E-state index in [-0.39, 0.29) is 11.9 Å². The molecule has 21 heavy (non-hydrogen) atoms. The highest BCUT2D eigenvalue weighted by Crippen LogP contribution is 2.25. The van der Waals surface area contributed by atoms with Gasteiger partial charge in [0, 0.05) is 12.5 Å². The molecule has 0 saturated carbocycles. The normalized spacial score (nSPS) is 22.0. The second-order valence-electron chi connectivity index (χ2n) is 6.04. The second kappa shape index (κ2) is 6.10. The van der Waals surface area contributed by atoms with Crippen molar-refractivity contribution in [1.82, 2.24) is 10.6 Å². The maximum atomic E-state index is 13.1. The molecule has 5 heteroatoms. The number of aryl methyl sites for hydroxylation is 2. The molecule has 1 saturated heterocycles. The average Bonchev–Trinajstić information content (AvgIpc) is 2.73. The zero-order valence-electron chi connectivity index (χ0n) is 12.7. The summed E-state index contributed by atoms with van der Waals surface area (Å²) in [5.41, 5.74) is 3.55. The van der Waals surface area contributed by atoms with Crippen LogP contribution in [0.25, 0.3) is 0 Å². The second-order valence-corrected chi connectivity index (χ2v) is 6.04. The fraction of sp³-hybridized carbons (Fsp3) is 0.562. The smallest absolute Gasteiger partial charge is 0.262 e. The Morgan fingerprint density at radius 2 is 2.19 bits per heavy atom. The van der Waals surface area contributed by atoms with Gasteiger partial charge in [0.25, 0.3) is 5.92 Å². The Labute approximate surface area is 124 Å². The zero-order chi connectivity index (χ0) is 15.6. The fourth-order valence-electron chi connectivity index (χ4n) is 2.70. The Morgan fingerprint density at radius 1 is 1.48 bits per heavy atom. The molecule has 1 aromatic rings. The van der Waals surface area contributed by atoms with Gasteiger partial charge < -0.3 is 5.32 Å². The first kappa shape index (κ1) is 15.9. The van der Waals surface area contributed by atoms with Crippen molar-refractivity contribution in [1.29, 1.82) is 0 Å². The van der Waals surface area contributed by atoms with Crippen LogP contribution < -0.4 is 10.6 Å². The van der Waals surface area contributed by atoms with Crippen LogP contribution in [0.15, 0.2) is 18.2 Å². The summed E-state index contributed by atoms with van der Waals surface area (Å²) in [4.78, 5) is 12.0. The Balaban J connectivity index is 1.89. The summed E-state index contributed by atoms with van der Waals surface area (Å²) in [7, 11) is 0. The molecule has 1 aliphatic rings. The molecule has 2 atom stereocenters. The number of nitrogens with one attached hydrogen (secondary N) is 2. The first-order valence-electron chi connectivity index (χ1n) is 7.24. The van der Waals surface area contributed by atoms with Crippen molar-refractivity contribution in [2.24, 2.45) is 0 Å². The molecule has 1 amide bonds. The first-order valence-corrected chi connectivity index (χ1v) is 7.24. The van der Waals surface area contributed by atoms with E-state index in [9.17, 15) is 13.6 Å². The van der Waals surface area contributed by atoms with Crippen molar-refractivity contribution in [3.8, 4) is 0 Å². The Morgan fingerprint density at radius 3 is 2.76 bits per heavy atom. The number of carbonyl (C=O) groups excluding carboxylic acids is 1. The van der Waals surface area contributed by atoms with E-state index in [1.807, 2.05) is 26.8 Å². The van der Waals surface area contributed by atoms with E-state index in [2.05, 4.69) is 22.8 Å². The number of hydrogen-bond donors (Lipinski definition) is 2. The number of hydrogen-bond acceptors (Lipinski definition) is 2. The molecule has 0 bridgehead atoms. The molecule has 1 fully saturated rings. The van der Waals surface area contributed by atoms with Crippen LogP contribution in [-0.4, -0.2) is 30.5 Å². The number of amides is 1. The summed E-state index contributed by atoms with van der Waals surface area (Å²) >= 11 is 0. The molecule has 1 heterocycles. The molecule has 0 spiro atoms. The molecule has 2 rings (SSSR count). The molecule has 0 radical (unpaired) electrons. The van der Waals surface area contributed by atoms with E-state index < -0.39 is 24.9 Å². The minimum absolute atomic E-state index is 0.0880. The van der Waals surface area contributed by atoms with Crippen LogP contribution in [0.5, 0.6) is 0 Å². The van der Waals surface area contributed by atoms with Gasteiger partial charge in [0.1, 0.15) is 0 Å². The standard InChI is InChI=1S/C16H22F2N2O/c1-10-4-5-13(11(2)6-10)7-12(3)20-15(21)14-8-16(17,18)9-19-14/h4-6,12,14,19H,7-9H2,1-3H3,(H,20,21). The lowest BCUT2D eigenvalue weighted by atomic mass is 10.00. The van der Waals surface area contributed by atoms with Gasteiger partial charge in [-0.15, -0.1) is 0 Å². The molecule has 1 aromatic carbocycles. The first-order chi connectivity index (χ1) is 9.77. The van der Waals surface area contributed by atoms with Crippen LogP contribution in [0.2, 0.25) is 0 Å². The van der Waals surface area contributed by atoms with Crippen LogP contribution >= 0.6 is 0 Å². The maximum absolute atomic E-state index is 13.1. The quantitative estimate of drug-likeness (QED) is 0.895. The molecule has 0 aliphatic carbocycles. The molecule has 116 valence electrons. The van der Waals surface area contributed by atoms with E-state index >= 15 is 0 Å². The SMILES string of the molecule is Cc1ccc(CC(C)NC(=O)C2CC(F)(F)CN2)c(C)c1. The topological polar surface area (TPSA) is 41.1 Å². The predicted octanol–water partition coefficient (Wildman–Crippen LogP) is 2.35. The lowest BCUT2D eigenvalue weighted by Gasteiger charge is -2.18. The lowest BCUT2D eigenvalue weighted by Crippen LogP contribution is -2.44. The van der Waals surface area contributed by atoms with E-state index in [1.165, 1.54) is 11.1 Å². The molecule has 0 aromatic heterocycles. The highest BCUT2D eigenvalue weighted by atomic mass is 19.3. The highest BCUT2D eigenvalue weighted by molar-refractivity contribution is 5.82. The van der Waals surface area contributed by atoms with Crippen molar-refractivity contribution < 1.29 is 13.6 Å². The van der Waals surface area contributed by atoms with Crippen molar-refractivity contribution in [3.63, 3.8) is 0 Å². The van der Waals surface area contributed by atoms with Gasteiger partial charge in [-0.05, 0) is 38.3 Å². The largest absolute Gasteiger partial charge is 0.352 e. The zero-order valence-corrected chi connectivity index (χ0v) is 12.7. The van der Waals surface area contributed by atoms with E-state index in [0.29, 0.717) is 6.42 Å². The summed E-state index contributed by atoms with van der Waals surface area (Å²) in [6.07, 6.45) is 0.274. The lowest BCUT2D eigenvalue weighted by molar-refractivity contribution is -0.124. The van der Waals surface area contributed by atoms with Gasteiger partial charge in [0.05, 0.1) is 12.6 Å². The van der Waals surface area contributed by atoms with Gasteiger partial charge in [-0.25, -0.2) is 8.78 Å². The van der Waals surface area contributed by atoms with Crippen molar-refractivity contribution in [2.75, 3.05) is 6.54 Å². The summed E-state index contributed by atoms with van der Waals surface area (Å²) < 4.78 is 26.2. The summed E-state index contributed by atoms with van der Waals surface area (Å²) in [6.45, 7) is 5.55. The van der Waals surface area contributed by atoms with Gasteiger partial charge in [-0.1, -0.05) is 23.8 Å². The van der Waals surface area contributed by atoms with E-state index in [1.54, 1.807) is 0 Å². The van der Waals surface area contributed by atoms with Gasteiger partial charge in [-0.2, -0.15) is 0 Å². The Hall–Kier alpha value is -1.49. The number of carbonyl (C=O) groups is 1. The van der Waals surface area contributed by atoms with Crippen molar-refractivity contribution >= 4 is 5.91 Å². The number of halogens is 2. The average molecular weight is 296 g/mol. The van der Waals surface area contributed by atoms with Gasteiger partial charge in [0.15, 0.2) is 0 Å². The number of benzene rings is 1. The molecule has 2 unspecified atom stereocenters. The molecule has 2 N–H and O–H groups in total. The maximum Gasteiger partial charge on any atom is 0.262 e. The molecular weight excluding hydrogens is 274 g/mol. The van der Waals surface area contributed by atoms with Crippen LogP contribution in [0.3, 0.4) is 0 Å². The third-order valence-corrected chi connectivity index (χ3v) is 3.84. The molecule has 1 aliphatic heterocycles. The summed E-state index contributed by atoms with van der Waals surface area (Å²) in [5, 5.41) is 5.39. The van der Waals surface area contributed by atoms with Crippen LogP contribution in [0.1, 0.15) is 30.0 Å². The van der Waals surface area contributed by atoms with Crippen LogP contribution in [0.4, 0.5) is 8.78 Å². The summed E-state index contributed by atoms with van der Waals surface area (Å²) in [5.74, 6) is -3.12. The van der Waals surface area contributed by atoms with Crippen LogP contribution in [0, 0.1) is 13.8 Å². The van der Waals surface area contributed by atoms with Gasteiger partial charge in [-0.3, -0.25) is 10.1 Å². The highest BCUT2D eigenvalue weighted by Gasteiger charge is 2.42. The van der Waals surface area contributed by atoms with Crippen molar-refractivity contribution in [2.45, 2.75) is 51.6 Å². The Kier molecular flexibility index (Phi) is 4.61. The third-order valence-electron chi connectivity index (χ3n) is 3.84. The summed E-state index contributed by atoms with van der Waals surface area (Å²) in [6, 6.07) is 5.31. The molecular formula is C16H22F2N2O. The minimum Gasteiger partial charge on any atom is -0.352 e. The third kappa shape index (κ3) is 4.24. The van der Waals surface area contributed by atoms with E-state index in [4.69, 9.17) is 0 Å². The van der Waals surface area contributed by atoms with E-state index in [0.717, 1.165) is 5.56 Å². The minimum atomic E-state index is -2.78. The fourth-order valence-corrected chi connectivity index (χ4v) is 2.70. The van der Waals surface area contributed by atoms with Gasteiger partial charge in [0.2, 0.25) is 5.91 Å². The molecule has 3 nitrogen and oxygen atoms in total. The van der Waals surface area contributed by atoms with Crippen molar-refractivity contribution in [3.05, 3.63) is 34.9 Å². The van der Waals surface area contributed by atoms with Crippen LogP contribution in [-0.2, 0) is 11.2 Å². The monoisotopic (exact) mass is 296 g/mol. The number of rotatable bonds is 4. The number of alkyl halides is 2. The predicted molar refractivity (Wildman–Crippen MR) is 78.6 cm³/mol. The Bertz CT molecular complexity index is 531.